The zero-order valence-corrected chi connectivity index (χ0v) is 15.4. The molecule has 0 aromatic heterocycles. The van der Waals surface area contributed by atoms with Crippen molar-refractivity contribution in [3.8, 4) is 0 Å². The van der Waals surface area contributed by atoms with Crippen molar-refractivity contribution in [1.82, 2.24) is 5.32 Å². The molecular weight excluding hydrogens is 364 g/mol. The summed E-state index contributed by atoms with van der Waals surface area (Å²) in [7, 11) is -3.66. The molecule has 4 rings (SSSR count). The average molecular weight is 384 g/mol. The van der Waals surface area contributed by atoms with Gasteiger partial charge in [0, 0.05) is 29.4 Å². The molecule has 4 N–H and O–H groups in total. The molecule has 1 atom stereocenters. The minimum atomic E-state index is -3.66. The minimum absolute atomic E-state index is 0.0114. The first-order chi connectivity index (χ1) is 12.9. The van der Waals surface area contributed by atoms with E-state index in [1.807, 2.05) is 0 Å². The Morgan fingerprint density at radius 1 is 1.15 bits per heavy atom. The monoisotopic (exact) mass is 384 g/mol. The van der Waals surface area contributed by atoms with Gasteiger partial charge in [-0.1, -0.05) is 12.1 Å². The number of rotatable bonds is 5. The van der Waals surface area contributed by atoms with Gasteiger partial charge in [0.15, 0.2) is 5.84 Å². The summed E-state index contributed by atoms with van der Waals surface area (Å²) in [6.07, 6.45) is 2.28. The van der Waals surface area contributed by atoms with E-state index in [2.05, 4.69) is 15.0 Å². The summed E-state index contributed by atoms with van der Waals surface area (Å²) in [4.78, 5) is 12.4. The van der Waals surface area contributed by atoms with Gasteiger partial charge in [-0.15, -0.1) is 4.40 Å². The van der Waals surface area contributed by atoms with Crippen molar-refractivity contribution in [2.24, 2.45) is 16.0 Å². The molecule has 2 aromatic carbocycles. The quantitative estimate of drug-likeness (QED) is 0.726. The lowest BCUT2D eigenvalue weighted by Crippen LogP contribution is -2.38. The average Bonchev–Trinajstić information content (AvgIpc) is 3.47. The molecule has 1 fully saturated rings. The summed E-state index contributed by atoms with van der Waals surface area (Å²) >= 11 is 0. The van der Waals surface area contributed by atoms with Gasteiger partial charge in [0.05, 0.1) is 0 Å². The number of benzene rings is 2. The van der Waals surface area contributed by atoms with E-state index < -0.39 is 10.0 Å². The van der Waals surface area contributed by atoms with E-state index in [9.17, 15) is 13.2 Å². The fourth-order valence-corrected chi connectivity index (χ4v) is 4.22. The summed E-state index contributed by atoms with van der Waals surface area (Å²) in [5.74, 6) is 0.630. The van der Waals surface area contributed by atoms with Crippen molar-refractivity contribution in [2.45, 2.75) is 23.8 Å². The Kier molecular flexibility index (Phi) is 4.45. The molecule has 0 saturated heterocycles. The van der Waals surface area contributed by atoms with Crippen LogP contribution >= 0.6 is 0 Å². The molecule has 0 bridgehead atoms. The van der Waals surface area contributed by atoms with E-state index >= 15 is 0 Å². The zero-order chi connectivity index (χ0) is 19.0. The standard InChI is InChI=1S/C19H20N4O3S/c20-16(12-5-6-12)11-21-19(24)13-7-9-14(10-8-13)22-18-15-3-1-2-4-17(15)27(25,26)23-18/h1-4,7-10,12,16H,5-6,11,20H2,(H,21,24)(H,22,23). The maximum absolute atomic E-state index is 12.2. The predicted octanol–water partition coefficient (Wildman–Crippen LogP) is 1.71. The fraction of sp³-hybridized carbons (Fsp3) is 0.263. The Hall–Kier alpha value is -2.71. The molecule has 7 nitrogen and oxygen atoms in total. The molecule has 0 spiro atoms. The van der Waals surface area contributed by atoms with Crippen LogP contribution in [0.25, 0.3) is 0 Å². The SMILES string of the molecule is NC(CNC(=O)c1ccc(NC2=NS(=O)(=O)c3ccccc32)cc1)C1CC1. The highest BCUT2D eigenvalue weighted by Crippen LogP contribution is 2.31. The third-order valence-electron chi connectivity index (χ3n) is 4.77. The highest BCUT2D eigenvalue weighted by molar-refractivity contribution is 7.90. The zero-order valence-electron chi connectivity index (χ0n) is 14.6. The Bertz CT molecular complexity index is 1010. The number of carbonyl (C=O) groups is 1. The van der Waals surface area contributed by atoms with Crippen molar-refractivity contribution in [2.75, 3.05) is 11.9 Å². The van der Waals surface area contributed by atoms with Crippen molar-refractivity contribution < 1.29 is 13.2 Å². The second-order valence-electron chi connectivity index (χ2n) is 6.82. The number of fused-ring (bicyclic) bond motifs is 1. The van der Waals surface area contributed by atoms with E-state index in [0.717, 1.165) is 12.8 Å². The van der Waals surface area contributed by atoms with Gasteiger partial charge in [-0.3, -0.25) is 4.79 Å². The van der Waals surface area contributed by atoms with E-state index in [-0.39, 0.29) is 22.7 Å². The first kappa shape index (κ1) is 17.7. The fourth-order valence-electron chi connectivity index (χ4n) is 3.04. The molecule has 8 heteroatoms. The predicted molar refractivity (Wildman–Crippen MR) is 103 cm³/mol. The molecule has 140 valence electrons. The van der Waals surface area contributed by atoms with E-state index in [0.29, 0.717) is 29.3 Å². The van der Waals surface area contributed by atoms with Crippen molar-refractivity contribution >= 4 is 27.5 Å². The van der Waals surface area contributed by atoms with Crippen molar-refractivity contribution in [1.29, 1.82) is 0 Å². The van der Waals surface area contributed by atoms with Crippen LogP contribution in [0.2, 0.25) is 0 Å². The molecule has 1 saturated carbocycles. The van der Waals surface area contributed by atoms with Crippen molar-refractivity contribution in [3.63, 3.8) is 0 Å². The van der Waals surface area contributed by atoms with Crippen LogP contribution in [0.1, 0.15) is 28.8 Å². The van der Waals surface area contributed by atoms with Gasteiger partial charge in [0.2, 0.25) is 0 Å². The lowest BCUT2D eigenvalue weighted by atomic mass is 10.1. The smallest absolute Gasteiger partial charge is 0.285 e. The van der Waals surface area contributed by atoms with Crippen LogP contribution < -0.4 is 16.4 Å². The van der Waals surface area contributed by atoms with Crippen molar-refractivity contribution in [3.05, 3.63) is 59.7 Å². The van der Waals surface area contributed by atoms with Crippen LogP contribution in [0.4, 0.5) is 5.69 Å². The van der Waals surface area contributed by atoms with Gasteiger partial charge in [-0.05, 0) is 55.2 Å². The molecule has 27 heavy (non-hydrogen) atoms. The number of amides is 1. The number of nitrogens with zero attached hydrogens (tertiary/aromatic N) is 1. The highest BCUT2D eigenvalue weighted by Gasteiger charge is 2.29. The molecule has 1 aliphatic heterocycles. The maximum Gasteiger partial charge on any atom is 0.285 e. The van der Waals surface area contributed by atoms with Gasteiger partial charge >= 0.3 is 0 Å². The Balaban J connectivity index is 1.43. The Morgan fingerprint density at radius 3 is 2.56 bits per heavy atom. The van der Waals surface area contributed by atoms with Crippen LogP contribution in [-0.4, -0.2) is 32.7 Å². The van der Waals surface area contributed by atoms with Crippen LogP contribution in [0, 0.1) is 5.92 Å². The molecular formula is C19H20N4O3S. The van der Waals surface area contributed by atoms with Gasteiger partial charge in [0.25, 0.3) is 15.9 Å². The van der Waals surface area contributed by atoms with Gasteiger partial charge in [0.1, 0.15) is 4.90 Å². The summed E-state index contributed by atoms with van der Waals surface area (Å²) in [6.45, 7) is 0.467. The van der Waals surface area contributed by atoms with Crippen LogP contribution in [0.15, 0.2) is 57.8 Å². The summed E-state index contributed by atoms with van der Waals surface area (Å²) in [6, 6.07) is 13.5. The first-order valence-electron chi connectivity index (χ1n) is 8.79. The normalized spacial score (nSPS) is 18.3. The molecule has 1 heterocycles. The minimum Gasteiger partial charge on any atom is -0.350 e. The number of nitrogens with one attached hydrogen (secondary N) is 2. The number of amidine groups is 1. The number of hydrogen-bond donors (Lipinski definition) is 3. The van der Waals surface area contributed by atoms with Gasteiger partial charge < -0.3 is 16.4 Å². The topological polar surface area (TPSA) is 114 Å². The Labute approximate surface area is 157 Å². The lowest BCUT2D eigenvalue weighted by Gasteiger charge is -2.12. The lowest BCUT2D eigenvalue weighted by molar-refractivity contribution is 0.0950. The van der Waals surface area contributed by atoms with E-state index in [4.69, 9.17) is 5.73 Å². The largest absolute Gasteiger partial charge is 0.350 e. The van der Waals surface area contributed by atoms with Gasteiger partial charge in [-0.25, -0.2) is 0 Å². The summed E-state index contributed by atoms with van der Waals surface area (Å²) in [5, 5.41) is 5.86. The van der Waals surface area contributed by atoms with E-state index in [1.54, 1.807) is 42.5 Å². The second kappa shape index (κ2) is 6.79. The number of nitrogens with two attached hydrogens (primary N) is 1. The first-order valence-corrected chi connectivity index (χ1v) is 10.2. The molecule has 0 radical (unpaired) electrons. The number of carbonyl (C=O) groups excluding carboxylic acids is 1. The van der Waals surface area contributed by atoms with Gasteiger partial charge in [-0.2, -0.15) is 8.42 Å². The molecule has 1 unspecified atom stereocenters. The van der Waals surface area contributed by atoms with E-state index in [1.165, 1.54) is 6.07 Å². The molecule has 1 aliphatic carbocycles. The molecule has 2 aromatic rings. The third kappa shape index (κ3) is 3.72. The number of hydrogen-bond acceptors (Lipinski definition) is 5. The molecule has 1 amide bonds. The van der Waals surface area contributed by atoms with Crippen LogP contribution in [-0.2, 0) is 10.0 Å². The number of anilines is 1. The van der Waals surface area contributed by atoms with Crippen LogP contribution in [0.5, 0.6) is 0 Å². The third-order valence-corrected chi connectivity index (χ3v) is 6.10. The second-order valence-corrected chi connectivity index (χ2v) is 8.40. The highest BCUT2D eigenvalue weighted by atomic mass is 32.2. The maximum atomic E-state index is 12.2. The summed E-state index contributed by atoms with van der Waals surface area (Å²) in [5.41, 5.74) is 7.69. The molecule has 2 aliphatic rings. The number of sulfonamides is 1. The van der Waals surface area contributed by atoms with Crippen LogP contribution in [0.3, 0.4) is 0 Å². The Morgan fingerprint density at radius 2 is 1.85 bits per heavy atom. The summed E-state index contributed by atoms with van der Waals surface area (Å²) < 4.78 is 28.0.